The van der Waals surface area contributed by atoms with Crippen LogP contribution in [-0.2, 0) is 0 Å². The molecule has 6 heteroatoms. The van der Waals surface area contributed by atoms with Crippen LogP contribution in [0.3, 0.4) is 0 Å². The van der Waals surface area contributed by atoms with E-state index in [0.717, 1.165) is 23.4 Å². The Labute approximate surface area is 133 Å². The van der Waals surface area contributed by atoms with Crippen LogP contribution >= 0.6 is 23.4 Å². The fraction of sp³-hybridized carbons (Fsp3) is 0.267. The summed E-state index contributed by atoms with van der Waals surface area (Å²) in [5.41, 5.74) is 1.99. The van der Waals surface area contributed by atoms with Crippen LogP contribution in [-0.4, -0.2) is 21.6 Å². The Hall–Kier alpha value is -1.59. The number of carbonyl (C=O) groups excluding carboxylic acids is 1. The Balaban J connectivity index is 2.18. The van der Waals surface area contributed by atoms with Crippen molar-refractivity contribution in [2.24, 2.45) is 0 Å². The molecule has 1 N–H and O–H groups in total. The molecule has 2 aromatic rings. The normalized spacial score (nSPS) is 10.4. The lowest BCUT2D eigenvalue weighted by molar-refractivity contribution is 0.102. The summed E-state index contributed by atoms with van der Waals surface area (Å²) >= 11 is 7.54. The molecule has 0 spiro atoms. The lowest BCUT2D eigenvalue weighted by atomic mass is 10.2. The monoisotopic (exact) mass is 321 g/mol. The highest BCUT2D eigenvalue weighted by atomic mass is 35.5. The zero-order valence-corrected chi connectivity index (χ0v) is 13.5. The number of hydrogen-bond acceptors (Lipinski definition) is 4. The van der Waals surface area contributed by atoms with E-state index in [1.807, 2.05) is 31.2 Å². The standard InChI is InChI=1S/C15H16ClN3OS/c1-3-7-21-15-17-9-12(16)13(19-15)14(20)18-11-6-4-5-10(2)8-11/h4-6,8-9H,3,7H2,1-2H3,(H,18,20). The van der Waals surface area contributed by atoms with Gasteiger partial charge in [0.25, 0.3) is 5.91 Å². The molecule has 21 heavy (non-hydrogen) atoms. The molecule has 1 aromatic heterocycles. The number of nitrogens with zero attached hydrogens (tertiary/aromatic N) is 2. The van der Waals surface area contributed by atoms with Crippen molar-refractivity contribution in [3.05, 3.63) is 46.7 Å². The van der Waals surface area contributed by atoms with Crippen molar-refractivity contribution in [2.45, 2.75) is 25.4 Å². The van der Waals surface area contributed by atoms with E-state index in [9.17, 15) is 4.79 Å². The van der Waals surface area contributed by atoms with Gasteiger partial charge in [0.1, 0.15) is 0 Å². The van der Waals surface area contributed by atoms with Gasteiger partial charge in [-0.3, -0.25) is 4.79 Å². The van der Waals surface area contributed by atoms with Crippen molar-refractivity contribution in [2.75, 3.05) is 11.1 Å². The van der Waals surface area contributed by atoms with Crippen molar-refractivity contribution < 1.29 is 4.79 Å². The fourth-order valence-corrected chi connectivity index (χ4v) is 2.53. The van der Waals surface area contributed by atoms with Crippen LogP contribution in [0.5, 0.6) is 0 Å². The van der Waals surface area contributed by atoms with Crippen molar-refractivity contribution in [1.29, 1.82) is 0 Å². The third kappa shape index (κ3) is 4.44. The van der Waals surface area contributed by atoms with E-state index in [1.165, 1.54) is 18.0 Å². The predicted octanol–water partition coefficient (Wildman–Crippen LogP) is 4.19. The van der Waals surface area contributed by atoms with Gasteiger partial charge in [0, 0.05) is 11.4 Å². The minimum atomic E-state index is -0.327. The van der Waals surface area contributed by atoms with E-state index >= 15 is 0 Å². The van der Waals surface area contributed by atoms with Crippen LogP contribution in [0, 0.1) is 6.92 Å². The Kier molecular flexibility index (Phi) is 5.59. The second-order valence-corrected chi connectivity index (χ2v) is 5.99. The van der Waals surface area contributed by atoms with Gasteiger partial charge >= 0.3 is 0 Å². The maximum Gasteiger partial charge on any atom is 0.275 e. The summed E-state index contributed by atoms with van der Waals surface area (Å²) in [6, 6.07) is 7.56. The molecule has 0 aliphatic rings. The van der Waals surface area contributed by atoms with E-state index in [1.54, 1.807) is 0 Å². The van der Waals surface area contributed by atoms with E-state index in [2.05, 4.69) is 22.2 Å². The molecule has 110 valence electrons. The van der Waals surface area contributed by atoms with Crippen molar-refractivity contribution in [3.8, 4) is 0 Å². The predicted molar refractivity (Wildman–Crippen MR) is 87.2 cm³/mol. The van der Waals surface area contributed by atoms with Crippen molar-refractivity contribution >= 4 is 35.0 Å². The molecule has 0 aliphatic carbocycles. The van der Waals surface area contributed by atoms with Crippen LogP contribution in [0.4, 0.5) is 5.69 Å². The smallest absolute Gasteiger partial charge is 0.275 e. The van der Waals surface area contributed by atoms with E-state index in [-0.39, 0.29) is 16.6 Å². The number of halogens is 1. The summed E-state index contributed by atoms with van der Waals surface area (Å²) < 4.78 is 0. The maximum atomic E-state index is 12.3. The summed E-state index contributed by atoms with van der Waals surface area (Å²) in [5.74, 6) is 0.576. The molecule has 0 saturated carbocycles. The quantitative estimate of drug-likeness (QED) is 0.662. The van der Waals surface area contributed by atoms with Gasteiger partial charge in [-0.15, -0.1) is 0 Å². The molecule has 0 aliphatic heterocycles. The highest BCUT2D eigenvalue weighted by Gasteiger charge is 2.14. The van der Waals surface area contributed by atoms with Gasteiger partial charge in [0.05, 0.1) is 11.2 Å². The van der Waals surface area contributed by atoms with Gasteiger partial charge in [-0.2, -0.15) is 0 Å². The third-order valence-corrected chi connectivity index (χ3v) is 3.99. The highest BCUT2D eigenvalue weighted by Crippen LogP contribution is 2.20. The molecular weight excluding hydrogens is 306 g/mol. The van der Waals surface area contributed by atoms with Crippen LogP contribution < -0.4 is 5.32 Å². The average molecular weight is 322 g/mol. The lowest BCUT2D eigenvalue weighted by Crippen LogP contribution is -2.15. The Morgan fingerprint density at radius 2 is 2.24 bits per heavy atom. The Morgan fingerprint density at radius 3 is 2.95 bits per heavy atom. The van der Waals surface area contributed by atoms with Gasteiger partial charge in [-0.25, -0.2) is 9.97 Å². The van der Waals surface area contributed by atoms with Crippen LogP contribution in [0.25, 0.3) is 0 Å². The van der Waals surface area contributed by atoms with Crippen molar-refractivity contribution in [1.82, 2.24) is 9.97 Å². The fourth-order valence-electron chi connectivity index (χ4n) is 1.69. The highest BCUT2D eigenvalue weighted by molar-refractivity contribution is 7.99. The maximum absolute atomic E-state index is 12.3. The largest absolute Gasteiger partial charge is 0.321 e. The van der Waals surface area contributed by atoms with Crippen molar-refractivity contribution in [3.63, 3.8) is 0 Å². The minimum absolute atomic E-state index is 0.201. The van der Waals surface area contributed by atoms with Gasteiger partial charge in [-0.1, -0.05) is 42.4 Å². The molecule has 0 atom stereocenters. The first kappa shape index (κ1) is 15.8. The molecule has 0 fully saturated rings. The molecule has 2 rings (SSSR count). The van der Waals surface area contributed by atoms with E-state index in [0.29, 0.717) is 5.16 Å². The Bertz CT molecular complexity index is 649. The number of amides is 1. The number of aryl methyl sites for hydroxylation is 1. The molecule has 0 unspecified atom stereocenters. The third-order valence-electron chi connectivity index (χ3n) is 2.65. The zero-order chi connectivity index (χ0) is 15.2. The SMILES string of the molecule is CCCSc1ncc(Cl)c(C(=O)Nc2cccc(C)c2)n1. The molecule has 1 heterocycles. The molecule has 1 amide bonds. The van der Waals surface area contributed by atoms with Gasteiger partial charge in [0.15, 0.2) is 10.9 Å². The molecule has 0 radical (unpaired) electrons. The minimum Gasteiger partial charge on any atom is -0.321 e. The number of nitrogens with one attached hydrogen (secondary N) is 1. The first-order valence-electron chi connectivity index (χ1n) is 6.63. The summed E-state index contributed by atoms with van der Waals surface area (Å²) in [6.45, 7) is 4.04. The first-order chi connectivity index (χ1) is 10.1. The Morgan fingerprint density at radius 1 is 1.43 bits per heavy atom. The second kappa shape index (κ2) is 7.43. The molecule has 1 aromatic carbocycles. The number of carbonyl (C=O) groups is 1. The number of anilines is 1. The summed E-state index contributed by atoms with van der Waals surface area (Å²) in [4.78, 5) is 20.6. The number of thioether (sulfide) groups is 1. The van der Waals surface area contributed by atoms with E-state index in [4.69, 9.17) is 11.6 Å². The summed E-state index contributed by atoms with van der Waals surface area (Å²) in [6.07, 6.45) is 2.49. The first-order valence-corrected chi connectivity index (χ1v) is 8.00. The topological polar surface area (TPSA) is 54.9 Å². The van der Waals surface area contributed by atoms with Gasteiger partial charge in [-0.05, 0) is 31.0 Å². The number of rotatable bonds is 5. The molecule has 0 saturated heterocycles. The summed E-state index contributed by atoms with van der Waals surface area (Å²) in [5, 5.41) is 3.62. The van der Waals surface area contributed by atoms with Crippen LogP contribution in [0.1, 0.15) is 29.4 Å². The lowest BCUT2D eigenvalue weighted by Gasteiger charge is -2.07. The zero-order valence-electron chi connectivity index (χ0n) is 11.9. The van der Waals surface area contributed by atoms with Gasteiger partial charge in [0.2, 0.25) is 0 Å². The summed E-state index contributed by atoms with van der Waals surface area (Å²) in [7, 11) is 0. The molecule has 0 bridgehead atoms. The number of benzene rings is 1. The molecule has 4 nitrogen and oxygen atoms in total. The van der Waals surface area contributed by atoms with Gasteiger partial charge < -0.3 is 5.32 Å². The molecular formula is C15H16ClN3OS. The van der Waals surface area contributed by atoms with E-state index < -0.39 is 0 Å². The van der Waals surface area contributed by atoms with Crippen LogP contribution in [0.2, 0.25) is 5.02 Å². The van der Waals surface area contributed by atoms with Crippen LogP contribution in [0.15, 0.2) is 35.6 Å². The number of aromatic nitrogens is 2. The second-order valence-electron chi connectivity index (χ2n) is 4.52. The average Bonchev–Trinajstić information content (AvgIpc) is 2.46. The number of hydrogen-bond donors (Lipinski definition) is 1.